The van der Waals surface area contributed by atoms with Gasteiger partial charge in [0.05, 0.1) is 11.6 Å². The summed E-state index contributed by atoms with van der Waals surface area (Å²) >= 11 is 0. The predicted molar refractivity (Wildman–Crippen MR) is 115 cm³/mol. The molecule has 1 aliphatic heterocycles. The average molecular weight is 435 g/mol. The van der Waals surface area contributed by atoms with Crippen LogP contribution in [0.4, 0.5) is 14.5 Å². The monoisotopic (exact) mass is 435 g/mol. The number of hydrogen-bond acceptors (Lipinski definition) is 4. The minimum Gasteiger partial charge on any atom is -0.508 e. The highest BCUT2D eigenvalue weighted by atomic mass is 19.2. The van der Waals surface area contributed by atoms with Gasteiger partial charge in [0.15, 0.2) is 11.6 Å². The number of aliphatic hydroxyl groups excluding tert-OH is 1. The van der Waals surface area contributed by atoms with Crippen LogP contribution in [0.1, 0.15) is 28.3 Å². The van der Waals surface area contributed by atoms with Gasteiger partial charge in [-0.2, -0.15) is 0 Å². The fourth-order valence-electron chi connectivity index (χ4n) is 3.75. The summed E-state index contributed by atoms with van der Waals surface area (Å²) in [7, 11) is 0. The first-order chi connectivity index (χ1) is 15.2. The van der Waals surface area contributed by atoms with Gasteiger partial charge in [-0.1, -0.05) is 24.3 Å². The maximum Gasteiger partial charge on any atom is 0.300 e. The summed E-state index contributed by atoms with van der Waals surface area (Å²) in [6.07, 6.45) is 0. The third kappa shape index (κ3) is 3.51. The molecule has 0 aliphatic carbocycles. The Morgan fingerprint density at radius 2 is 1.56 bits per heavy atom. The Kier molecular flexibility index (Phi) is 5.26. The van der Waals surface area contributed by atoms with Crippen molar-refractivity contribution in [3.63, 3.8) is 0 Å². The Balaban J connectivity index is 1.96. The van der Waals surface area contributed by atoms with Crippen molar-refractivity contribution in [2.75, 3.05) is 4.90 Å². The molecule has 0 spiro atoms. The molecule has 3 aromatic rings. The number of aromatic hydroxyl groups is 1. The lowest BCUT2D eigenvalue weighted by atomic mass is 9.94. The normalized spacial score (nSPS) is 17.8. The first-order valence-corrected chi connectivity index (χ1v) is 9.81. The van der Waals surface area contributed by atoms with Crippen LogP contribution in [0.5, 0.6) is 5.75 Å². The Morgan fingerprint density at radius 1 is 0.875 bits per heavy atom. The summed E-state index contributed by atoms with van der Waals surface area (Å²) in [6, 6.07) is 12.6. The van der Waals surface area contributed by atoms with Gasteiger partial charge in [-0.3, -0.25) is 14.5 Å². The van der Waals surface area contributed by atoms with E-state index in [0.29, 0.717) is 11.1 Å². The third-order valence-corrected chi connectivity index (χ3v) is 5.61. The molecule has 1 heterocycles. The molecule has 0 aromatic heterocycles. The van der Waals surface area contributed by atoms with E-state index in [0.717, 1.165) is 28.2 Å². The number of phenols is 1. The highest BCUT2D eigenvalue weighted by Gasteiger charge is 2.47. The van der Waals surface area contributed by atoms with Crippen LogP contribution in [0, 0.1) is 25.5 Å². The fraction of sp³-hybridized carbons (Fsp3) is 0.120. The number of phenolic OH excluding ortho intramolecular Hbond substituents is 1. The molecular weight excluding hydrogens is 416 g/mol. The molecule has 7 heteroatoms. The summed E-state index contributed by atoms with van der Waals surface area (Å²) in [5.41, 5.74) is 2.39. The van der Waals surface area contributed by atoms with Crippen LogP contribution in [0.3, 0.4) is 0 Å². The molecule has 1 atom stereocenters. The smallest absolute Gasteiger partial charge is 0.300 e. The van der Waals surface area contributed by atoms with Crippen molar-refractivity contribution in [1.82, 2.24) is 0 Å². The molecule has 32 heavy (non-hydrogen) atoms. The lowest BCUT2D eigenvalue weighted by Crippen LogP contribution is -2.29. The highest BCUT2D eigenvalue weighted by molar-refractivity contribution is 6.51. The summed E-state index contributed by atoms with van der Waals surface area (Å²) in [5, 5.41) is 20.7. The fourth-order valence-corrected chi connectivity index (χ4v) is 3.75. The van der Waals surface area contributed by atoms with E-state index < -0.39 is 29.4 Å². The molecule has 1 amide bonds. The van der Waals surface area contributed by atoms with Crippen LogP contribution in [0.15, 0.2) is 66.2 Å². The predicted octanol–water partition coefficient (Wildman–Crippen LogP) is 4.91. The van der Waals surface area contributed by atoms with Gasteiger partial charge in [0.25, 0.3) is 11.7 Å². The largest absolute Gasteiger partial charge is 0.508 e. The van der Waals surface area contributed by atoms with E-state index >= 15 is 0 Å². The van der Waals surface area contributed by atoms with E-state index in [1.807, 2.05) is 13.8 Å². The Labute approximate surface area is 182 Å². The van der Waals surface area contributed by atoms with Crippen molar-refractivity contribution in [2.24, 2.45) is 0 Å². The van der Waals surface area contributed by atoms with Gasteiger partial charge in [0.2, 0.25) is 0 Å². The minimum absolute atomic E-state index is 0.0345. The average Bonchev–Trinajstić information content (AvgIpc) is 3.03. The van der Waals surface area contributed by atoms with Gasteiger partial charge in [0, 0.05) is 17.3 Å². The molecule has 0 saturated carbocycles. The number of halogens is 2. The molecule has 1 fully saturated rings. The zero-order valence-corrected chi connectivity index (χ0v) is 17.3. The number of Topliss-reactive ketones (excluding diaryl/α,β-unsaturated/α-hetero) is 1. The molecule has 5 nitrogen and oxygen atoms in total. The van der Waals surface area contributed by atoms with Crippen molar-refractivity contribution in [1.29, 1.82) is 0 Å². The second kappa shape index (κ2) is 7.92. The van der Waals surface area contributed by atoms with Crippen molar-refractivity contribution >= 4 is 23.1 Å². The van der Waals surface area contributed by atoms with Crippen LogP contribution >= 0.6 is 0 Å². The lowest BCUT2D eigenvalue weighted by molar-refractivity contribution is -0.132. The van der Waals surface area contributed by atoms with E-state index in [4.69, 9.17) is 0 Å². The lowest BCUT2D eigenvalue weighted by Gasteiger charge is -2.25. The number of aliphatic hydroxyl groups is 1. The molecule has 1 saturated heterocycles. The van der Waals surface area contributed by atoms with Crippen molar-refractivity contribution < 1.29 is 28.6 Å². The number of amides is 1. The first-order valence-electron chi connectivity index (χ1n) is 9.81. The summed E-state index contributed by atoms with van der Waals surface area (Å²) in [6.45, 7) is 3.75. The highest BCUT2D eigenvalue weighted by Crippen LogP contribution is 2.42. The van der Waals surface area contributed by atoms with Gasteiger partial charge < -0.3 is 10.2 Å². The van der Waals surface area contributed by atoms with E-state index in [-0.39, 0.29) is 22.8 Å². The molecule has 0 radical (unpaired) electrons. The molecule has 4 rings (SSSR count). The first kappa shape index (κ1) is 21.2. The Hall–Kier alpha value is -4.00. The van der Waals surface area contributed by atoms with Crippen LogP contribution in [-0.4, -0.2) is 21.9 Å². The molecule has 3 aromatic carbocycles. The molecule has 0 bridgehead atoms. The van der Waals surface area contributed by atoms with E-state index in [1.54, 1.807) is 18.2 Å². The van der Waals surface area contributed by atoms with E-state index in [1.165, 1.54) is 30.3 Å². The number of aryl methyl sites for hydroxylation is 2. The number of carbonyl (C=O) groups is 2. The minimum atomic E-state index is -1.18. The van der Waals surface area contributed by atoms with Gasteiger partial charge >= 0.3 is 0 Å². The SMILES string of the molecule is Cc1ccc(/C(O)=C2\C(=O)C(=O)N(c3ccc(F)c(F)c3)C2c2ccc(O)cc2)cc1C. The van der Waals surface area contributed by atoms with Crippen LogP contribution in [0.2, 0.25) is 0 Å². The van der Waals surface area contributed by atoms with Crippen LogP contribution < -0.4 is 4.90 Å². The molecular formula is C25H19F2NO4. The van der Waals surface area contributed by atoms with Gasteiger partial charge in [-0.05, 0) is 60.9 Å². The quantitative estimate of drug-likeness (QED) is 0.348. The second-order valence-corrected chi connectivity index (χ2v) is 7.66. The Morgan fingerprint density at radius 3 is 2.19 bits per heavy atom. The molecule has 1 unspecified atom stereocenters. The zero-order chi connectivity index (χ0) is 23.2. The second-order valence-electron chi connectivity index (χ2n) is 7.66. The van der Waals surface area contributed by atoms with Crippen LogP contribution in [-0.2, 0) is 9.59 Å². The molecule has 2 N–H and O–H groups in total. The maximum absolute atomic E-state index is 13.9. The van der Waals surface area contributed by atoms with Crippen molar-refractivity contribution in [3.05, 3.63) is 100 Å². The standard InChI is InChI=1S/C25H19F2NO4/c1-13-3-4-16(11-14(13)2)23(30)21-22(15-5-8-18(29)9-6-15)28(25(32)24(21)31)17-7-10-19(26)20(27)12-17/h3-12,22,29-30H,1-2H3/b23-21+. The van der Waals surface area contributed by atoms with Gasteiger partial charge in [0.1, 0.15) is 11.5 Å². The number of ketones is 1. The number of nitrogens with zero attached hydrogens (tertiary/aromatic N) is 1. The zero-order valence-electron chi connectivity index (χ0n) is 17.3. The number of carbonyl (C=O) groups excluding carboxylic acids is 2. The summed E-state index contributed by atoms with van der Waals surface area (Å²) in [5.74, 6) is -4.63. The molecule has 162 valence electrons. The topological polar surface area (TPSA) is 77.8 Å². The number of rotatable bonds is 3. The third-order valence-electron chi connectivity index (χ3n) is 5.61. The Bertz CT molecular complexity index is 1280. The van der Waals surface area contributed by atoms with E-state index in [2.05, 4.69) is 0 Å². The van der Waals surface area contributed by atoms with Crippen molar-refractivity contribution in [2.45, 2.75) is 19.9 Å². The molecule has 1 aliphatic rings. The maximum atomic E-state index is 13.9. The number of benzene rings is 3. The summed E-state index contributed by atoms with van der Waals surface area (Å²) in [4.78, 5) is 27.0. The number of anilines is 1. The van der Waals surface area contributed by atoms with Crippen LogP contribution in [0.25, 0.3) is 5.76 Å². The van der Waals surface area contributed by atoms with Gasteiger partial charge in [-0.25, -0.2) is 8.78 Å². The van der Waals surface area contributed by atoms with Gasteiger partial charge in [-0.15, -0.1) is 0 Å². The summed E-state index contributed by atoms with van der Waals surface area (Å²) < 4.78 is 27.4. The van der Waals surface area contributed by atoms with Crippen molar-refractivity contribution in [3.8, 4) is 5.75 Å². The number of hydrogen-bond donors (Lipinski definition) is 2. The van der Waals surface area contributed by atoms with E-state index in [9.17, 15) is 28.6 Å².